The molecule has 0 fully saturated rings. The maximum atomic E-state index is 12.2. The SMILES string of the molecule is CC(C)[C@H](NC(=O)/C=C/c1ccc2c(c1)OCO2)c1cccs1. The molecule has 5 heteroatoms. The number of hydrogen-bond acceptors (Lipinski definition) is 4. The molecule has 2 aromatic rings. The maximum Gasteiger partial charge on any atom is 0.244 e. The summed E-state index contributed by atoms with van der Waals surface area (Å²) in [6.07, 6.45) is 3.34. The van der Waals surface area contributed by atoms with Gasteiger partial charge in [-0.15, -0.1) is 11.3 Å². The lowest BCUT2D eigenvalue weighted by Gasteiger charge is -2.20. The lowest BCUT2D eigenvalue weighted by atomic mass is 10.0. The Morgan fingerprint density at radius 3 is 2.83 bits per heavy atom. The number of thiophene rings is 1. The van der Waals surface area contributed by atoms with Crippen LogP contribution in [-0.2, 0) is 4.79 Å². The van der Waals surface area contributed by atoms with Crippen LogP contribution in [0.15, 0.2) is 41.8 Å². The molecule has 1 amide bonds. The summed E-state index contributed by atoms with van der Waals surface area (Å²) < 4.78 is 10.6. The van der Waals surface area contributed by atoms with Crippen LogP contribution >= 0.6 is 11.3 Å². The van der Waals surface area contributed by atoms with Gasteiger partial charge in [-0.05, 0) is 41.1 Å². The van der Waals surface area contributed by atoms with Crippen LogP contribution < -0.4 is 14.8 Å². The van der Waals surface area contributed by atoms with E-state index >= 15 is 0 Å². The molecule has 0 spiro atoms. The summed E-state index contributed by atoms with van der Waals surface area (Å²) in [6, 6.07) is 9.70. The second kappa shape index (κ2) is 6.87. The minimum atomic E-state index is -0.102. The smallest absolute Gasteiger partial charge is 0.244 e. The van der Waals surface area contributed by atoms with Crippen molar-refractivity contribution < 1.29 is 14.3 Å². The van der Waals surface area contributed by atoms with Crippen LogP contribution in [0, 0.1) is 5.92 Å². The summed E-state index contributed by atoms with van der Waals surface area (Å²) in [7, 11) is 0. The van der Waals surface area contributed by atoms with Crippen molar-refractivity contribution in [2.45, 2.75) is 19.9 Å². The van der Waals surface area contributed by atoms with E-state index in [-0.39, 0.29) is 18.7 Å². The summed E-state index contributed by atoms with van der Waals surface area (Å²) in [5, 5.41) is 5.10. The van der Waals surface area contributed by atoms with E-state index in [1.165, 1.54) is 4.88 Å². The zero-order valence-corrected chi connectivity index (χ0v) is 13.9. The van der Waals surface area contributed by atoms with Crippen LogP contribution in [0.2, 0.25) is 0 Å². The third-order valence-corrected chi connectivity index (χ3v) is 4.59. The van der Waals surface area contributed by atoms with Gasteiger partial charge in [0.25, 0.3) is 0 Å². The minimum absolute atomic E-state index is 0.0314. The van der Waals surface area contributed by atoms with Gasteiger partial charge in [-0.3, -0.25) is 4.79 Å². The number of carbonyl (C=O) groups is 1. The lowest BCUT2D eigenvalue weighted by Crippen LogP contribution is -2.29. The van der Waals surface area contributed by atoms with Gasteiger partial charge in [-0.1, -0.05) is 26.0 Å². The molecule has 1 aliphatic heterocycles. The second-order valence-electron chi connectivity index (χ2n) is 5.69. The average Bonchev–Trinajstić information content (AvgIpc) is 3.20. The molecule has 2 heterocycles. The Hall–Kier alpha value is -2.27. The highest BCUT2D eigenvalue weighted by Crippen LogP contribution is 2.32. The van der Waals surface area contributed by atoms with E-state index in [1.807, 2.05) is 29.6 Å². The molecule has 0 aliphatic carbocycles. The van der Waals surface area contributed by atoms with Crippen LogP contribution in [0.4, 0.5) is 0 Å². The molecule has 1 aliphatic rings. The van der Waals surface area contributed by atoms with Crippen LogP contribution in [0.3, 0.4) is 0 Å². The average molecular weight is 329 g/mol. The first-order valence-electron chi connectivity index (χ1n) is 7.55. The molecule has 1 N–H and O–H groups in total. The molecule has 0 unspecified atom stereocenters. The fourth-order valence-electron chi connectivity index (χ4n) is 2.42. The Balaban J connectivity index is 1.66. The van der Waals surface area contributed by atoms with E-state index in [9.17, 15) is 4.79 Å². The number of fused-ring (bicyclic) bond motifs is 1. The number of nitrogens with one attached hydrogen (secondary N) is 1. The number of rotatable bonds is 5. The van der Waals surface area contributed by atoms with Crippen molar-refractivity contribution in [3.63, 3.8) is 0 Å². The number of benzene rings is 1. The maximum absolute atomic E-state index is 12.2. The zero-order valence-electron chi connectivity index (χ0n) is 13.1. The van der Waals surface area contributed by atoms with E-state index in [1.54, 1.807) is 23.5 Å². The van der Waals surface area contributed by atoms with Gasteiger partial charge in [0.2, 0.25) is 12.7 Å². The van der Waals surface area contributed by atoms with Crippen molar-refractivity contribution in [2.75, 3.05) is 6.79 Å². The van der Waals surface area contributed by atoms with E-state index in [0.717, 1.165) is 11.3 Å². The summed E-state index contributed by atoms with van der Waals surface area (Å²) in [4.78, 5) is 13.4. The van der Waals surface area contributed by atoms with Gasteiger partial charge in [0.05, 0.1) is 6.04 Å². The summed E-state index contributed by atoms with van der Waals surface area (Å²) in [5.41, 5.74) is 0.904. The predicted octanol–water partition coefficient (Wildman–Crippen LogP) is 4.00. The topological polar surface area (TPSA) is 47.6 Å². The zero-order chi connectivity index (χ0) is 16.2. The minimum Gasteiger partial charge on any atom is -0.454 e. The van der Waals surface area contributed by atoms with Gasteiger partial charge in [-0.2, -0.15) is 0 Å². The molecule has 0 radical (unpaired) electrons. The van der Waals surface area contributed by atoms with Crippen molar-refractivity contribution in [2.24, 2.45) is 5.92 Å². The molecule has 0 saturated carbocycles. The van der Waals surface area contributed by atoms with Crippen LogP contribution in [0.5, 0.6) is 11.5 Å². The number of amides is 1. The molecule has 1 aromatic heterocycles. The van der Waals surface area contributed by atoms with Crippen molar-refractivity contribution in [3.8, 4) is 11.5 Å². The van der Waals surface area contributed by atoms with E-state index in [4.69, 9.17) is 9.47 Å². The quantitative estimate of drug-likeness (QED) is 0.843. The Morgan fingerprint density at radius 1 is 1.26 bits per heavy atom. The first-order chi connectivity index (χ1) is 11.1. The van der Waals surface area contributed by atoms with Gasteiger partial charge in [0.15, 0.2) is 11.5 Å². The van der Waals surface area contributed by atoms with Crippen molar-refractivity contribution in [3.05, 3.63) is 52.2 Å². The third kappa shape index (κ3) is 3.74. The number of carbonyl (C=O) groups excluding carboxylic acids is 1. The molecule has 0 saturated heterocycles. The molecule has 120 valence electrons. The third-order valence-electron chi connectivity index (χ3n) is 3.64. The van der Waals surface area contributed by atoms with E-state index in [0.29, 0.717) is 11.7 Å². The normalized spacial score (nSPS) is 14.4. The first kappa shape index (κ1) is 15.6. The van der Waals surface area contributed by atoms with Gasteiger partial charge in [0, 0.05) is 11.0 Å². The van der Waals surface area contributed by atoms with E-state index in [2.05, 4.69) is 25.2 Å². The molecule has 4 nitrogen and oxygen atoms in total. The molecule has 1 atom stereocenters. The fraction of sp³-hybridized carbons (Fsp3) is 0.278. The van der Waals surface area contributed by atoms with Crippen LogP contribution in [-0.4, -0.2) is 12.7 Å². The Morgan fingerprint density at radius 2 is 2.09 bits per heavy atom. The van der Waals surface area contributed by atoms with Crippen LogP contribution in [0.1, 0.15) is 30.3 Å². The highest BCUT2D eigenvalue weighted by molar-refractivity contribution is 7.10. The second-order valence-corrected chi connectivity index (χ2v) is 6.67. The molecule has 0 bridgehead atoms. The largest absolute Gasteiger partial charge is 0.454 e. The van der Waals surface area contributed by atoms with Gasteiger partial charge in [0.1, 0.15) is 0 Å². The molecule has 3 rings (SSSR count). The van der Waals surface area contributed by atoms with Crippen LogP contribution in [0.25, 0.3) is 6.08 Å². The summed E-state index contributed by atoms with van der Waals surface area (Å²) in [6.45, 7) is 4.46. The molecular weight excluding hydrogens is 310 g/mol. The molecule has 23 heavy (non-hydrogen) atoms. The van der Waals surface area contributed by atoms with Crippen molar-refractivity contribution >= 4 is 23.3 Å². The summed E-state index contributed by atoms with van der Waals surface area (Å²) in [5.74, 6) is 1.68. The molecule has 1 aromatic carbocycles. The summed E-state index contributed by atoms with van der Waals surface area (Å²) >= 11 is 1.66. The lowest BCUT2D eigenvalue weighted by molar-refractivity contribution is -0.117. The molecular formula is C18H19NO3S. The first-order valence-corrected chi connectivity index (χ1v) is 8.43. The Bertz CT molecular complexity index is 707. The monoisotopic (exact) mass is 329 g/mol. The van der Waals surface area contributed by atoms with Gasteiger partial charge in [-0.25, -0.2) is 0 Å². The van der Waals surface area contributed by atoms with E-state index < -0.39 is 0 Å². The van der Waals surface area contributed by atoms with Gasteiger partial charge >= 0.3 is 0 Å². The highest BCUT2D eigenvalue weighted by atomic mass is 32.1. The Kier molecular flexibility index (Phi) is 4.67. The number of hydrogen-bond donors (Lipinski definition) is 1. The van der Waals surface area contributed by atoms with Crippen molar-refractivity contribution in [1.29, 1.82) is 0 Å². The highest BCUT2D eigenvalue weighted by Gasteiger charge is 2.18. The standard InChI is InChI=1S/C18H19NO3S/c1-12(2)18(16-4-3-9-23-16)19-17(20)8-6-13-5-7-14-15(10-13)22-11-21-14/h3-10,12,18H,11H2,1-2H3,(H,19,20)/b8-6+/t18-/m0/s1. The number of ether oxygens (including phenoxy) is 2. The Labute approximate surface area is 139 Å². The predicted molar refractivity (Wildman–Crippen MR) is 91.6 cm³/mol. The van der Waals surface area contributed by atoms with Gasteiger partial charge < -0.3 is 14.8 Å². The van der Waals surface area contributed by atoms with Crippen molar-refractivity contribution in [1.82, 2.24) is 5.32 Å². The fourth-order valence-corrected chi connectivity index (χ4v) is 3.37.